The largest absolute Gasteiger partial charge is 0.501 e. The van der Waals surface area contributed by atoms with E-state index in [0.29, 0.717) is 0 Å². The lowest BCUT2D eigenvalue weighted by Gasteiger charge is -2.24. The normalized spacial score (nSPS) is 14.0. The minimum absolute atomic E-state index is 0.829. The summed E-state index contributed by atoms with van der Waals surface area (Å²) in [4.78, 5) is 0. The van der Waals surface area contributed by atoms with Crippen LogP contribution in [-0.2, 0) is 4.74 Å². The van der Waals surface area contributed by atoms with Crippen molar-refractivity contribution in [1.29, 1.82) is 0 Å². The van der Waals surface area contributed by atoms with Crippen molar-refractivity contribution >= 4 is 11.9 Å². The summed E-state index contributed by atoms with van der Waals surface area (Å²) >= 11 is 0. The van der Waals surface area contributed by atoms with Gasteiger partial charge in [-0.1, -0.05) is 29.8 Å². The lowest BCUT2D eigenvalue weighted by molar-refractivity contribution is 0.275. The summed E-state index contributed by atoms with van der Waals surface area (Å²) < 4.78 is 10.6. The van der Waals surface area contributed by atoms with Crippen molar-refractivity contribution in [2.45, 2.75) is 19.8 Å². The van der Waals surface area contributed by atoms with Gasteiger partial charge in [0.15, 0.2) is 0 Å². The molecule has 1 aliphatic carbocycles. The molecule has 0 fully saturated rings. The van der Waals surface area contributed by atoms with Gasteiger partial charge in [0, 0.05) is 12.1 Å². The highest BCUT2D eigenvalue weighted by molar-refractivity contribution is 5.81. The number of hydrogen-bond donors (Lipinski definition) is 0. The zero-order chi connectivity index (χ0) is 18.4. The van der Waals surface area contributed by atoms with Crippen LogP contribution in [0.4, 0.5) is 5.69 Å². The van der Waals surface area contributed by atoms with Crippen molar-refractivity contribution in [3.8, 4) is 5.75 Å². The molecule has 4 heteroatoms. The first-order chi connectivity index (χ1) is 12.7. The summed E-state index contributed by atoms with van der Waals surface area (Å²) in [5.41, 5.74) is 4.43. The van der Waals surface area contributed by atoms with E-state index in [1.807, 2.05) is 41.6 Å². The second-order valence-electron chi connectivity index (χ2n) is 6.16. The van der Waals surface area contributed by atoms with E-state index in [9.17, 15) is 0 Å². The zero-order valence-corrected chi connectivity index (χ0v) is 15.5. The monoisotopic (exact) mass is 348 g/mol. The average molecular weight is 348 g/mol. The van der Waals surface area contributed by atoms with Gasteiger partial charge < -0.3 is 9.47 Å². The number of hydrazone groups is 1. The van der Waals surface area contributed by atoms with Crippen molar-refractivity contribution in [2.75, 3.05) is 19.2 Å². The maximum atomic E-state index is 5.34. The number of nitrogens with zero attached hydrogens (tertiary/aromatic N) is 2. The van der Waals surface area contributed by atoms with Crippen LogP contribution in [0.2, 0.25) is 0 Å². The Bertz CT molecular complexity index is 818. The third-order valence-electron chi connectivity index (χ3n) is 4.34. The quantitative estimate of drug-likeness (QED) is 0.541. The van der Waals surface area contributed by atoms with Gasteiger partial charge in [-0.15, -0.1) is 0 Å². The van der Waals surface area contributed by atoms with Crippen molar-refractivity contribution in [2.24, 2.45) is 5.10 Å². The molecule has 0 spiro atoms. The summed E-state index contributed by atoms with van der Waals surface area (Å²) in [6, 6.07) is 16.3. The first-order valence-corrected chi connectivity index (χ1v) is 8.68. The number of benzene rings is 2. The highest BCUT2D eigenvalue weighted by atomic mass is 16.5. The molecule has 0 saturated carbocycles. The summed E-state index contributed by atoms with van der Waals surface area (Å²) in [6.45, 7) is 2.08. The highest BCUT2D eigenvalue weighted by Crippen LogP contribution is 2.28. The lowest BCUT2D eigenvalue weighted by atomic mass is 10.1. The van der Waals surface area contributed by atoms with Gasteiger partial charge in [-0.05, 0) is 55.3 Å². The summed E-state index contributed by atoms with van der Waals surface area (Å²) in [7, 11) is 3.38. The number of ether oxygens (including phenoxy) is 2. The van der Waals surface area contributed by atoms with E-state index in [2.05, 4.69) is 37.3 Å². The molecular weight excluding hydrogens is 324 g/mol. The maximum absolute atomic E-state index is 5.34. The molecule has 26 heavy (non-hydrogen) atoms. The van der Waals surface area contributed by atoms with E-state index in [4.69, 9.17) is 14.6 Å². The van der Waals surface area contributed by atoms with Gasteiger partial charge in [0.2, 0.25) is 0 Å². The molecule has 1 aliphatic rings. The van der Waals surface area contributed by atoms with Crippen LogP contribution >= 0.6 is 0 Å². The molecule has 0 bridgehead atoms. The minimum atomic E-state index is 0.829. The molecule has 0 aliphatic heterocycles. The second kappa shape index (κ2) is 8.39. The number of methoxy groups -OCH3 is 2. The molecule has 4 nitrogen and oxygen atoms in total. The Morgan fingerprint density at radius 3 is 2.19 bits per heavy atom. The molecule has 0 N–H and O–H groups in total. The zero-order valence-electron chi connectivity index (χ0n) is 15.5. The number of hydrogen-bond acceptors (Lipinski definition) is 4. The fraction of sp³-hybridized carbons (Fsp3) is 0.227. The standard InChI is InChI=1S/C22H24N2O2/c1-17-4-6-18(7-5-17)16-23-24(19-8-12-21(25-2)13-9-19)20-10-14-22(26-3)15-11-20/h4-10,12-14,16H,11,15H2,1-3H3. The van der Waals surface area contributed by atoms with E-state index >= 15 is 0 Å². The Balaban J connectivity index is 1.91. The van der Waals surface area contributed by atoms with Crippen LogP contribution in [0.25, 0.3) is 0 Å². The Morgan fingerprint density at radius 2 is 1.62 bits per heavy atom. The van der Waals surface area contributed by atoms with Gasteiger partial charge in [0.25, 0.3) is 0 Å². The highest BCUT2D eigenvalue weighted by Gasteiger charge is 2.15. The van der Waals surface area contributed by atoms with E-state index in [-0.39, 0.29) is 0 Å². The van der Waals surface area contributed by atoms with Gasteiger partial charge in [0.1, 0.15) is 5.75 Å². The smallest absolute Gasteiger partial charge is 0.119 e. The summed E-state index contributed by atoms with van der Waals surface area (Å²) in [5.74, 6) is 1.82. The van der Waals surface area contributed by atoms with Crippen LogP contribution in [0.3, 0.4) is 0 Å². The van der Waals surface area contributed by atoms with Gasteiger partial charge in [-0.2, -0.15) is 5.10 Å². The number of allylic oxidation sites excluding steroid dienone is 4. The van der Waals surface area contributed by atoms with Gasteiger partial charge in [0.05, 0.1) is 31.9 Å². The fourth-order valence-electron chi connectivity index (χ4n) is 2.76. The predicted octanol–water partition coefficient (Wildman–Crippen LogP) is 5.05. The Labute approximate surface area is 155 Å². The van der Waals surface area contributed by atoms with E-state index in [0.717, 1.165) is 41.3 Å². The molecule has 2 aromatic rings. The van der Waals surface area contributed by atoms with Crippen LogP contribution < -0.4 is 9.75 Å². The minimum Gasteiger partial charge on any atom is -0.501 e. The van der Waals surface area contributed by atoms with Gasteiger partial charge in [-0.3, -0.25) is 0 Å². The molecule has 0 aromatic heterocycles. The molecule has 2 aromatic carbocycles. The van der Waals surface area contributed by atoms with Crippen LogP contribution in [-0.4, -0.2) is 20.4 Å². The van der Waals surface area contributed by atoms with Gasteiger partial charge in [-0.25, -0.2) is 5.01 Å². The first-order valence-electron chi connectivity index (χ1n) is 8.68. The summed E-state index contributed by atoms with van der Waals surface area (Å²) in [5, 5.41) is 6.73. The van der Waals surface area contributed by atoms with Gasteiger partial charge >= 0.3 is 0 Å². The van der Waals surface area contributed by atoms with E-state index < -0.39 is 0 Å². The number of aryl methyl sites for hydroxylation is 1. The SMILES string of the molecule is COC1=CC=C(N(N=Cc2ccc(C)cc2)c2ccc(OC)cc2)CC1. The Kier molecular flexibility index (Phi) is 5.74. The third kappa shape index (κ3) is 4.33. The van der Waals surface area contributed by atoms with Crippen molar-refractivity contribution in [1.82, 2.24) is 0 Å². The molecule has 0 atom stereocenters. The van der Waals surface area contributed by atoms with Crippen molar-refractivity contribution in [3.05, 3.63) is 83.3 Å². The average Bonchev–Trinajstić information content (AvgIpc) is 2.70. The number of rotatable bonds is 6. The van der Waals surface area contributed by atoms with Crippen molar-refractivity contribution in [3.63, 3.8) is 0 Å². The Morgan fingerprint density at radius 1 is 0.885 bits per heavy atom. The van der Waals surface area contributed by atoms with Crippen LogP contribution in [0, 0.1) is 6.92 Å². The van der Waals surface area contributed by atoms with Crippen LogP contribution in [0.15, 0.2) is 77.2 Å². The topological polar surface area (TPSA) is 34.1 Å². The summed E-state index contributed by atoms with van der Waals surface area (Å²) in [6.07, 6.45) is 7.71. The maximum Gasteiger partial charge on any atom is 0.119 e. The third-order valence-corrected chi connectivity index (χ3v) is 4.34. The van der Waals surface area contributed by atoms with Crippen molar-refractivity contribution < 1.29 is 9.47 Å². The first kappa shape index (κ1) is 17.8. The van der Waals surface area contributed by atoms with Crippen LogP contribution in [0.1, 0.15) is 24.0 Å². The van der Waals surface area contributed by atoms with Crippen LogP contribution in [0.5, 0.6) is 5.75 Å². The van der Waals surface area contributed by atoms with E-state index in [1.165, 1.54) is 5.56 Å². The lowest BCUT2D eigenvalue weighted by Crippen LogP contribution is -2.17. The molecule has 0 saturated heterocycles. The molecule has 3 rings (SSSR count). The predicted molar refractivity (Wildman–Crippen MR) is 107 cm³/mol. The molecule has 134 valence electrons. The molecule has 0 radical (unpaired) electrons. The fourth-order valence-corrected chi connectivity index (χ4v) is 2.76. The molecule has 0 heterocycles. The number of anilines is 1. The Hall–Kier alpha value is -3.01. The molecular formula is C22H24N2O2. The second-order valence-corrected chi connectivity index (χ2v) is 6.16. The molecule has 0 amide bonds. The molecule has 0 unspecified atom stereocenters. The van der Waals surface area contributed by atoms with E-state index in [1.54, 1.807) is 14.2 Å².